The minimum absolute atomic E-state index is 0.0299. The average Bonchev–Trinajstić information content (AvgIpc) is 3.29. The number of aryl methyl sites for hydroxylation is 1. The second-order valence-corrected chi connectivity index (χ2v) is 6.86. The fourth-order valence-corrected chi connectivity index (χ4v) is 3.82. The molecule has 0 bridgehead atoms. The van der Waals surface area contributed by atoms with Crippen LogP contribution in [-0.4, -0.2) is 37.3 Å². The van der Waals surface area contributed by atoms with Gasteiger partial charge in [0.2, 0.25) is 0 Å². The summed E-state index contributed by atoms with van der Waals surface area (Å²) in [6.07, 6.45) is 0.770. The Balaban J connectivity index is 1.50. The number of aromatic nitrogens is 4. The van der Waals surface area contributed by atoms with Crippen LogP contribution in [-0.2, 0) is 20.0 Å². The third-order valence-corrected chi connectivity index (χ3v) is 5.23. The van der Waals surface area contributed by atoms with Crippen molar-refractivity contribution in [3.8, 4) is 11.3 Å². The zero-order valence-corrected chi connectivity index (χ0v) is 15.0. The SMILES string of the molecule is Cn1nc(C(=O)N2CCc3[nH]nc(-c4ccccc4)c3C2)c2ccccc21. The van der Waals surface area contributed by atoms with Gasteiger partial charge in [-0.25, -0.2) is 0 Å². The third-order valence-electron chi connectivity index (χ3n) is 5.23. The second kappa shape index (κ2) is 6.09. The van der Waals surface area contributed by atoms with Crippen LogP contribution in [0.3, 0.4) is 0 Å². The molecule has 2 aromatic heterocycles. The van der Waals surface area contributed by atoms with Crippen molar-refractivity contribution in [3.63, 3.8) is 0 Å². The number of para-hydroxylation sites is 1. The maximum absolute atomic E-state index is 13.2. The standard InChI is InChI=1S/C21H19N5O/c1-25-18-10-6-5-9-15(18)20(24-25)21(27)26-12-11-17-16(13-26)19(23-22-17)14-7-3-2-4-8-14/h2-10H,11-13H2,1H3,(H,22,23). The molecule has 1 aliphatic rings. The summed E-state index contributed by atoms with van der Waals surface area (Å²) >= 11 is 0. The predicted octanol–water partition coefficient (Wildman–Crippen LogP) is 3.16. The Morgan fingerprint density at radius 3 is 2.70 bits per heavy atom. The van der Waals surface area contributed by atoms with Crippen LogP contribution in [0.4, 0.5) is 0 Å². The summed E-state index contributed by atoms with van der Waals surface area (Å²) in [5.74, 6) is -0.0299. The number of rotatable bonds is 2. The maximum atomic E-state index is 13.2. The van der Waals surface area contributed by atoms with Gasteiger partial charge in [0, 0.05) is 42.2 Å². The van der Waals surface area contributed by atoms with E-state index in [9.17, 15) is 4.79 Å². The molecule has 0 atom stereocenters. The first-order valence-electron chi connectivity index (χ1n) is 9.05. The van der Waals surface area contributed by atoms with Gasteiger partial charge in [-0.2, -0.15) is 10.2 Å². The Morgan fingerprint density at radius 2 is 1.85 bits per heavy atom. The summed E-state index contributed by atoms with van der Waals surface area (Å²) in [6.45, 7) is 1.20. The van der Waals surface area contributed by atoms with Crippen molar-refractivity contribution in [1.82, 2.24) is 24.9 Å². The number of nitrogens with zero attached hydrogens (tertiary/aromatic N) is 4. The topological polar surface area (TPSA) is 66.8 Å². The van der Waals surface area contributed by atoms with Crippen LogP contribution in [0.15, 0.2) is 54.6 Å². The fourth-order valence-electron chi connectivity index (χ4n) is 3.82. The van der Waals surface area contributed by atoms with Gasteiger partial charge in [0.05, 0.1) is 17.8 Å². The number of benzene rings is 2. The molecule has 0 aliphatic carbocycles. The van der Waals surface area contributed by atoms with Crippen LogP contribution in [0.25, 0.3) is 22.2 Å². The number of aromatic amines is 1. The first kappa shape index (κ1) is 15.8. The van der Waals surface area contributed by atoms with E-state index in [2.05, 4.69) is 15.3 Å². The lowest BCUT2D eigenvalue weighted by Gasteiger charge is -2.26. The number of carbonyl (C=O) groups excluding carboxylic acids is 1. The molecule has 5 rings (SSSR count). The smallest absolute Gasteiger partial charge is 0.275 e. The van der Waals surface area contributed by atoms with E-state index in [0.29, 0.717) is 18.8 Å². The summed E-state index contributed by atoms with van der Waals surface area (Å²) in [4.78, 5) is 15.1. The van der Waals surface area contributed by atoms with Crippen LogP contribution in [0.1, 0.15) is 21.7 Å². The molecule has 0 saturated carbocycles. The Labute approximate surface area is 156 Å². The maximum Gasteiger partial charge on any atom is 0.275 e. The molecule has 1 amide bonds. The largest absolute Gasteiger partial charge is 0.332 e. The zero-order valence-electron chi connectivity index (χ0n) is 15.0. The lowest BCUT2D eigenvalue weighted by Crippen LogP contribution is -2.36. The van der Waals surface area contributed by atoms with Crippen LogP contribution in [0, 0.1) is 0 Å². The van der Waals surface area contributed by atoms with Crippen molar-refractivity contribution in [2.24, 2.45) is 7.05 Å². The molecule has 6 heteroatoms. The first-order chi connectivity index (χ1) is 13.2. The lowest BCUT2D eigenvalue weighted by molar-refractivity contribution is 0.0729. The highest BCUT2D eigenvalue weighted by atomic mass is 16.2. The van der Waals surface area contributed by atoms with E-state index in [1.807, 2.05) is 66.5 Å². The molecule has 1 aliphatic heterocycles. The third kappa shape index (κ3) is 2.52. The predicted molar refractivity (Wildman–Crippen MR) is 103 cm³/mol. The highest BCUT2D eigenvalue weighted by Gasteiger charge is 2.28. The molecule has 2 aromatic carbocycles. The molecule has 0 radical (unpaired) electrons. The van der Waals surface area contributed by atoms with Gasteiger partial charge in [0.15, 0.2) is 5.69 Å². The number of hydrogen-bond acceptors (Lipinski definition) is 3. The van der Waals surface area contributed by atoms with Crippen molar-refractivity contribution in [1.29, 1.82) is 0 Å². The fraction of sp³-hybridized carbons (Fsp3) is 0.190. The van der Waals surface area contributed by atoms with Crippen LogP contribution < -0.4 is 0 Å². The van der Waals surface area contributed by atoms with Crippen molar-refractivity contribution < 1.29 is 4.79 Å². The van der Waals surface area contributed by atoms with E-state index >= 15 is 0 Å². The minimum Gasteiger partial charge on any atom is -0.332 e. The van der Waals surface area contributed by atoms with Crippen molar-refractivity contribution in [3.05, 3.63) is 71.5 Å². The second-order valence-electron chi connectivity index (χ2n) is 6.86. The Morgan fingerprint density at radius 1 is 1.07 bits per heavy atom. The van der Waals surface area contributed by atoms with E-state index in [4.69, 9.17) is 0 Å². The number of carbonyl (C=O) groups is 1. The van der Waals surface area contributed by atoms with E-state index in [-0.39, 0.29) is 5.91 Å². The van der Waals surface area contributed by atoms with Crippen LogP contribution in [0.2, 0.25) is 0 Å². The van der Waals surface area contributed by atoms with Gasteiger partial charge in [-0.05, 0) is 6.07 Å². The molecule has 0 fully saturated rings. The van der Waals surface area contributed by atoms with E-state index < -0.39 is 0 Å². The van der Waals surface area contributed by atoms with Crippen LogP contribution in [0.5, 0.6) is 0 Å². The van der Waals surface area contributed by atoms with Gasteiger partial charge in [0.1, 0.15) is 0 Å². The summed E-state index contributed by atoms with van der Waals surface area (Å²) < 4.78 is 1.77. The molecule has 0 spiro atoms. The van der Waals surface area contributed by atoms with Gasteiger partial charge in [-0.1, -0.05) is 48.5 Å². The van der Waals surface area contributed by atoms with Crippen molar-refractivity contribution >= 4 is 16.8 Å². The molecule has 27 heavy (non-hydrogen) atoms. The van der Waals surface area contributed by atoms with E-state index in [1.54, 1.807) is 4.68 Å². The van der Waals surface area contributed by atoms with Crippen LogP contribution >= 0.6 is 0 Å². The lowest BCUT2D eigenvalue weighted by atomic mass is 10.0. The average molecular weight is 357 g/mol. The van der Waals surface area contributed by atoms with Gasteiger partial charge in [-0.3, -0.25) is 14.6 Å². The molecule has 1 N–H and O–H groups in total. The molecular weight excluding hydrogens is 338 g/mol. The summed E-state index contributed by atoms with van der Waals surface area (Å²) in [6, 6.07) is 17.9. The van der Waals surface area contributed by atoms with E-state index in [1.165, 1.54) is 0 Å². The Bertz CT molecular complexity index is 1140. The minimum atomic E-state index is -0.0299. The Hall–Kier alpha value is -3.41. The number of hydrogen-bond donors (Lipinski definition) is 1. The monoisotopic (exact) mass is 357 g/mol. The zero-order chi connectivity index (χ0) is 18.4. The van der Waals surface area contributed by atoms with Crippen molar-refractivity contribution in [2.45, 2.75) is 13.0 Å². The molecule has 0 saturated heterocycles. The number of amides is 1. The van der Waals surface area contributed by atoms with Crippen molar-refractivity contribution in [2.75, 3.05) is 6.54 Å². The van der Waals surface area contributed by atoms with Gasteiger partial charge in [-0.15, -0.1) is 0 Å². The summed E-state index contributed by atoms with van der Waals surface area (Å²) in [5, 5.41) is 13.0. The van der Waals surface area contributed by atoms with Gasteiger partial charge >= 0.3 is 0 Å². The summed E-state index contributed by atoms with van der Waals surface area (Å²) in [5.41, 5.74) is 5.68. The number of nitrogens with one attached hydrogen (secondary N) is 1. The van der Waals surface area contributed by atoms with E-state index in [0.717, 1.165) is 39.8 Å². The molecule has 3 heterocycles. The van der Waals surface area contributed by atoms with Gasteiger partial charge < -0.3 is 4.90 Å². The Kier molecular flexibility index (Phi) is 3.57. The van der Waals surface area contributed by atoms with Gasteiger partial charge in [0.25, 0.3) is 5.91 Å². The first-order valence-corrected chi connectivity index (χ1v) is 9.05. The highest BCUT2D eigenvalue weighted by Crippen LogP contribution is 2.29. The molecule has 6 nitrogen and oxygen atoms in total. The molecule has 134 valence electrons. The number of fused-ring (bicyclic) bond motifs is 2. The quantitative estimate of drug-likeness (QED) is 0.599. The summed E-state index contributed by atoms with van der Waals surface area (Å²) in [7, 11) is 1.87. The molecule has 4 aromatic rings. The highest BCUT2D eigenvalue weighted by molar-refractivity contribution is 6.04. The molecular formula is C21H19N5O. The normalized spacial score (nSPS) is 13.7. The molecule has 0 unspecified atom stereocenters. The number of H-pyrrole nitrogens is 1.